The predicted molar refractivity (Wildman–Crippen MR) is 55.1 cm³/mol. The summed E-state index contributed by atoms with van der Waals surface area (Å²) in [4.78, 5) is 11.3. The molecule has 0 atom stereocenters. The molecule has 0 amide bonds. The molecule has 0 radical (unpaired) electrons. The highest BCUT2D eigenvalue weighted by Gasteiger charge is 2.17. The maximum Gasteiger partial charge on any atom is 0.345 e. The Morgan fingerprint density at radius 3 is 2.93 bits per heavy atom. The van der Waals surface area contributed by atoms with E-state index < -0.39 is 5.97 Å². The summed E-state index contributed by atoms with van der Waals surface area (Å²) in [6.07, 6.45) is 1.55. The average molecular weight is 208 g/mol. The average Bonchev–Trinajstić information content (AvgIpc) is 2.25. The monoisotopic (exact) mass is 208 g/mol. The van der Waals surface area contributed by atoms with Crippen LogP contribution in [-0.4, -0.2) is 24.8 Å². The van der Waals surface area contributed by atoms with E-state index in [2.05, 4.69) is 11.3 Å². The van der Waals surface area contributed by atoms with Crippen LogP contribution < -0.4 is 4.74 Å². The van der Waals surface area contributed by atoms with Crippen molar-refractivity contribution < 1.29 is 19.4 Å². The van der Waals surface area contributed by atoms with Gasteiger partial charge in [0.2, 0.25) is 0 Å². The molecule has 1 aromatic rings. The number of hydrogen-bond acceptors (Lipinski definition) is 4. The van der Waals surface area contributed by atoms with Crippen molar-refractivity contribution >= 4 is 5.97 Å². The van der Waals surface area contributed by atoms with Gasteiger partial charge < -0.3 is 14.6 Å². The standard InChI is InChI=1S/C11H12O4/c1-3-7-15-9-6-4-5-8(12)10(9)11(13)14-2/h3-6,12H,1,7H2,2H3. The van der Waals surface area contributed by atoms with E-state index in [0.29, 0.717) is 0 Å². The first kappa shape index (κ1) is 11.1. The van der Waals surface area contributed by atoms with Gasteiger partial charge >= 0.3 is 5.97 Å². The number of hydrogen-bond donors (Lipinski definition) is 1. The van der Waals surface area contributed by atoms with Crippen LogP contribution in [0.25, 0.3) is 0 Å². The molecule has 1 aromatic carbocycles. The van der Waals surface area contributed by atoms with Gasteiger partial charge in [-0.05, 0) is 12.1 Å². The Morgan fingerprint density at radius 2 is 2.33 bits per heavy atom. The molecule has 4 heteroatoms. The van der Waals surface area contributed by atoms with E-state index >= 15 is 0 Å². The Kier molecular flexibility index (Phi) is 3.74. The lowest BCUT2D eigenvalue weighted by Gasteiger charge is -2.09. The molecule has 0 aliphatic rings. The van der Waals surface area contributed by atoms with E-state index in [9.17, 15) is 9.90 Å². The SMILES string of the molecule is C=CCOc1cccc(O)c1C(=O)OC. The van der Waals surface area contributed by atoms with Gasteiger partial charge in [0.15, 0.2) is 0 Å². The van der Waals surface area contributed by atoms with Crippen molar-refractivity contribution in [2.24, 2.45) is 0 Å². The van der Waals surface area contributed by atoms with Gasteiger partial charge in [-0.3, -0.25) is 0 Å². The van der Waals surface area contributed by atoms with Crippen LogP contribution in [0, 0.1) is 0 Å². The van der Waals surface area contributed by atoms with Crippen LogP contribution in [0.15, 0.2) is 30.9 Å². The lowest BCUT2D eigenvalue weighted by Crippen LogP contribution is -2.06. The minimum Gasteiger partial charge on any atom is -0.507 e. The Bertz CT molecular complexity index is 371. The molecule has 80 valence electrons. The third-order valence-corrected chi connectivity index (χ3v) is 1.75. The highest BCUT2D eigenvalue weighted by Crippen LogP contribution is 2.28. The summed E-state index contributed by atoms with van der Waals surface area (Å²) in [5, 5.41) is 9.49. The first-order valence-electron chi connectivity index (χ1n) is 4.34. The number of rotatable bonds is 4. The largest absolute Gasteiger partial charge is 0.507 e. The minimum absolute atomic E-state index is 0.0295. The van der Waals surface area contributed by atoms with E-state index in [1.54, 1.807) is 18.2 Å². The van der Waals surface area contributed by atoms with E-state index in [4.69, 9.17) is 4.74 Å². The summed E-state index contributed by atoms with van der Waals surface area (Å²) >= 11 is 0. The molecule has 15 heavy (non-hydrogen) atoms. The zero-order chi connectivity index (χ0) is 11.3. The van der Waals surface area contributed by atoms with Crippen LogP contribution in [0.1, 0.15) is 10.4 Å². The van der Waals surface area contributed by atoms with Crippen molar-refractivity contribution in [3.8, 4) is 11.5 Å². The summed E-state index contributed by atoms with van der Waals surface area (Å²) < 4.78 is 9.74. The Morgan fingerprint density at radius 1 is 1.60 bits per heavy atom. The zero-order valence-electron chi connectivity index (χ0n) is 8.40. The van der Waals surface area contributed by atoms with Gasteiger partial charge in [-0.2, -0.15) is 0 Å². The number of benzene rings is 1. The third kappa shape index (κ3) is 2.49. The molecule has 1 N–H and O–H groups in total. The first-order chi connectivity index (χ1) is 7.20. The zero-order valence-corrected chi connectivity index (χ0v) is 8.40. The number of methoxy groups -OCH3 is 1. The quantitative estimate of drug-likeness (QED) is 0.605. The highest BCUT2D eigenvalue weighted by molar-refractivity contribution is 5.95. The lowest BCUT2D eigenvalue weighted by molar-refractivity contribution is 0.0593. The maximum atomic E-state index is 11.3. The molecular formula is C11H12O4. The molecule has 0 aliphatic carbocycles. The molecule has 0 spiro atoms. The Hall–Kier alpha value is -1.97. The predicted octanol–water partition coefficient (Wildman–Crippen LogP) is 1.74. The van der Waals surface area contributed by atoms with Crippen molar-refractivity contribution in [3.05, 3.63) is 36.4 Å². The van der Waals surface area contributed by atoms with Crippen LogP contribution in [0.3, 0.4) is 0 Å². The second kappa shape index (κ2) is 5.05. The lowest BCUT2D eigenvalue weighted by atomic mass is 10.2. The number of carbonyl (C=O) groups is 1. The molecule has 0 heterocycles. The number of esters is 1. The molecule has 0 aromatic heterocycles. The summed E-state index contributed by atoms with van der Waals surface area (Å²) in [5.41, 5.74) is 0.0295. The Labute approximate surface area is 87.7 Å². The second-order valence-corrected chi connectivity index (χ2v) is 2.74. The highest BCUT2D eigenvalue weighted by atomic mass is 16.5. The van der Waals surface area contributed by atoms with Gasteiger partial charge in [0.1, 0.15) is 23.7 Å². The number of aromatic hydroxyl groups is 1. The van der Waals surface area contributed by atoms with Gasteiger partial charge in [0.05, 0.1) is 7.11 Å². The van der Waals surface area contributed by atoms with Gasteiger partial charge in [-0.25, -0.2) is 4.79 Å². The molecule has 0 unspecified atom stereocenters. The van der Waals surface area contributed by atoms with Crippen molar-refractivity contribution in [2.75, 3.05) is 13.7 Å². The van der Waals surface area contributed by atoms with Crippen LogP contribution in [0.4, 0.5) is 0 Å². The molecule has 0 saturated heterocycles. The van der Waals surface area contributed by atoms with Crippen LogP contribution in [0.5, 0.6) is 11.5 Å². The van der Waals surface area contributed by atoms with Crippen LogP contribution >= 0.6 is 0 Å². The molecule has 0 aliphatic heterocycles. The van der Waals surface area contributed by atoms with E-state index in [0.717, 1.165) is 0 Å². The van der Waals surface area contributed by atoms with Crippen molar-refractivity contribution in [1.82, 2.24) is 0 Å². The molecule has 0 fully saturated rings. The summed E-state index contributed by atoms with van der Waals surface area (Å²) in [5.74, 6) is -0.516. The van der Waals surface area contributed by atoms with E-state index in [1.807, 2.05) is 0 Å². The normalized spacial score (nSPS) is 9.40. The molecule has 0 saturated carbocycles. The van der Waals surface area contributed by atoms with Gasteiger partial charge in [0, 0.05) is 0 Å². The topological polar surface area (TPSA) is 55.8 Å². The fourth-order valence-corrected chi connectivity index (χ4v) is 1.10. The third-order valence-electron chi connectivity index (χ3n) is 1.75. The maximum absolute atomic E-state index is 11.3. The van der Waals surface area contributed by atoms with Crippen molar-refractivity contribution in [2.45, 2.75) is 0 Å². The number of ether oxygens (including phenoxy) is 2. The van der Waals surface area contributed by atoms with E-state index in [1.165, 1.54) is 13.2 Å². The first-order valence-corrected chi connectivity index (χ1v) is 4.34. The summed E-state index contributed by atoms with van der Waals surface area (Å²) in [7, 11) is 1.24. The molecular weight excluding hydrogens is 196 g/mol. The minimum atomic E-state index is -0.632. The van der Waals surface area contributed by atoms with Crippen molar-refractivity contribution in [1.29, 1.82) is 0 Å². The molecule has 1 rings (SSSR count). The molecule has 0 bridgehead atoms. The van der Waals surface area contributed by atoms with E-state index in [-0.39, 0.29) is 23.7 Å². The van der Waals surface area contributed by atoms with Crippen LogP contribution in [0.2, 0.25) is 0 Å². The number of phenols is 1. The fourth-order valence-electron chi connectivity index (χ4n) is 1.10. The van der Waals surface area contributed by atoms with Crippen molar-refractivity contribution in [3.63, 3.8) is 0 Å². The Balaban J connectivity index is 3.08. The molecule has 4 nitrogen and oxygen atoms in total. The summed E-state index contributed by atoms with van der Waals surface area (Å²) in [6, 6.07) is 4.56. The smallest absolute Gasteiger partial charge is 0.345 e. The van der Waals surface area contributed by atoms with Crippen LogP contribution in [-0.2, 0) is 4.74 Å². The second-order valence-electron chi connectivity index (χ2n) is 2.74. The summed E-state index contributed by atoms with van der Waals surface area (Å²) in [6.45, 7) is 3.75. The number of carbonyl (C=O) groups excluding carboxylic acids is 1. The van der Waals surface area contributed by atoms with Gasteiger partial charge in [0.25, 0.3) is 0 Å². The van der Waals surface area contributed by atoms with Gasteiger partial charge in [-0.1, -0.05) is 18.7 Å². The van der Waals surface area contributed by atoms with Gasteiger partial charge in [-0.15, -0.1) is 0 Å². The number of phenolic OH excluding ortho intramolecular Hbond substituents is 1. The fraction of sp³-hybridized carbons (Fsp3) is 0.182.